The van der Waals surface area contributed by atoms with E-state index in [1.165, 1.54) is 0 Å². The summed E-state index contributed by atoms with van der Waals surface area (Å²) in [7, 11) is 0. The quantitative estimate of drug-likeness (QED) is 0.567. The zero-order chi connectivity index (χ0) is 7.72. The standard InChI is InChI=1S/C6H4BrCl2N.ClH/c7-3-1-5(9)6(10)2-4(3)8;/h1-2H,10H2;1H. The Morgan fingerprint density at radius 2 is 1.73 bits per heavy atom. The van der Waals surface area contributed by atoms with Crippen molar-refractivity contribution in [2.75, 3.05) is 5.73 Å². The first-order valence-electron chi connectivity index (χ1n) is 2.51. The van der Waals surface area contributed by atoms with Crippen molar-refractivity contribution in [1.82, 2.24) is 0 Å². The summed E-state index contributed by atoms with van der Waals surface area (Å²) in [5, 5.41) is 1.08. The Morgan fingerprint density at radius 3 is 2.18 bits per heavy atom. The molecule has 2 N–H and O–H groups in total. The molecule has 0 aromatic heterocycles. The molecule has 1 nitrogen and oxygen atoms in total. The van der Waals surface area contributed by atoms with Crippen molar-refractivity contribution in [1.29, 1.82) is 0 Å². The van der Waals surface area contributed by atoms with Crippen molar-refractivity contribution in [3.05, 3.63) is 26.7 Å². The number of anilines is 1. The fourth-order valence-corrected chi connectivity index (χ4v) is 1.35. The lowest BCUT2D eigenvalue weighted by molar-refractivity contribution is 1.63. The third-order valence-electron chi connectivity index (χ3n) is 1.04. The number of hydrogen-bond acceptors (Lipinski definition) is 1. The van der Waals surface area contributed by atoms with E-state index in [0.717, 1.165) is 4.47 Å². The summed E-state index contributed by atoms with van der Waals surface area (Å²) in [6.07, 6.45) is 0. The van der Waals surface area contributed by atoms with Gasteiger partial charge in [-0.3, -0.25) is 0 Å². The van der Waals surface area contributed by atoms with Gasteiger partial charge in [0.15, 0.2) is 0 Å². The molecule has 5 heteroatoms. The highest BCUT2D eigenvalue weighted by Crippen LogP contribution is 2.30. The molecule has 0 aliphatic carbocycles. The van der Waals surface area contributed by atoms with Crippen molar-refractivity contribution in [2.24, 2.45) is 0 Å². The highest BCUT2D eigenvalue weighted by atomic mass is 79.9. The third kappa shape index (κ3) is 2.71. The third-order valence-corrected chi connectivity index (χ3v) is 2.56. The van der Waals surface area contributed by atoms with E-state index in [0.29, 0.717) is 15.7 Å². The molecule has 0 unspecified atom stereocenters. The summed E-state index contributed by atoms with van der Waals surface area (Å²) >= 11 is 14.6. The Morgan fingerprint density at radius 1 is 1.18 bits per heavy atom. The number of nitrogen functional groups attached to an aromatic ring is 1. The molecule has 0 atom stereocenters. The fourth-order valence-electron chi connectivity index (χ4n) is 0.538. The van der Waals surface area contributed by atoms with E-state index < -0.39 is 0 Å². The molecule has 0 aliphatic heterocycles. The van der Waals surface area contributed by atoms with E-state index in [2.05, 4.69) is 15.9 Å². The van der Waals surface area contributed by atoms with Gasteiger partial charge in [0.05, 0.1) is 15.7 Å². The van der Waals surface area contributed by atoms with Crippen LogP contribution in [-0.4, -0.2) is 0 Å². The molecule has 0 aliphatic rings. The van der Waals surface area contributed by atoms with Crippen LogP contribution in [-0.2, 0) is 0 Å². The van der Waals surface area contributed by atoms with E-state index in [1.54, 1.807) is 12.1 Å². The van der Waals surface area contributed by atoms with E-state index >= 15 is 0 Å². The largest absolute Gasteiger partial charge is 0.397 e. The maximum Gasteiger partial charge on any atom is 0.0647 e. The first kappa shape index (κ1) is 11.4. The SMILES string of the molecule is Cl.Nc1cc(Cl)c(Br)cc1Cl. The van der Waals surface area contributed by atoms with Crippen LogP contribution < -0.4 is 5.73 Å². The molecule has 11 heavy (non-hydrogen) atoms. The highest BCUT2D eigenvalue weighted by molar-refractivity contribution is 9.10. The Kier molecular flexibility index (Phi) is 4.56. The second-order valence-electron chi connectivity index (χ2n) is 1.79. The smallest absolute Gasteiger partial charge is 0.0647 e. The molecule has 0 spiro atoms. The first-order chi connectivity index (χ1) is 4.61. The average Bonchev–Trinajstić information content (AvgIpc) is 1.84. The van der Waals surface area contributed by atoms with Crippen molar-refractivity contribution >= 4 is 57.2 Å². The number of hydrogen-bond donors (Lipinski definition) is 1. The predicted molar refractivity (Wildman–Crippen MR) is 55.8 cm³/mol. The molecule has 0 bridgehead atoms. The lowest BCUT2D eigenvalue weighted by Crippen LogP contribution is -1.85. The van der Waals surface area contributed by atoms with Gasteiger partial charge in [-0.1, -0.05) is 23.2 Å². The molecule has 1 aromatic rings. The molecular weight excluding hydrogens is 272 g/mol. The molecule has 0 saturated carbocycles. The monoisotopic (exact) mass is 275 g/mol. The van der Waals surface area contributed by atoms with Gasteiger partial charge >= 0.3 is 0 Å². The van der Waals surface area contributed by atoms with Crippen LogP contribution in [0.5, 0.6) is 0 Å². The number of benzene rings is 1. The van der Waals surface area contributed by atoms with Crippen molar-refractivity contribution in [3.63, 3.8) is 0 Å². The van der Waals surface area contributed by atoms with Crippen LogP contribution in [0.2, 0.25) is 10.0 Å². The topological polar surface area (TPSA) is 26.0 Å². The minimum atomic E-state index is 0. The van der Waals surface area contributed by atoms with Gasteiger partial charge in [-0.05, 0) is 28.1 Å². The van der Waals surface area contributed by atoms with Crippen molar-refractivity contribution < 1.29 is 0 Å². The second kappa shape index (κ2) is 4.41. The normalized spacial score (nSPS) is 9.00. The molecule has 0 heterocycles. The van der Waals surface area contributed by atoms with E-state index in [1.807, 2.05) is 0 Å². The highest BCUT2D eigenvalue weighted by Gasteiger charge is 2.00. The summed E-state index contributed by atoms with van der Waals surface area (Å²) in [4.78, 5) is 0. The minimum absolute atomic E-state index is 0. The summed E-state index contributed by atoms with van der Waals surface area (Å²) in [6.45, 7) is 0. The van der Waals surface area contributed by atoms with Gasteiger partial charge in [-0.15, -0.1) is 12.4 Å². The van der Waals surface area contributed by atoms with Crippen LogP contribution in [0, 0.1) is 0 Å². The van der Waals surface area contributed by atoms with Crippen LogP contribution in [0.25, 0.3) is 0 Å². The Bertz CT molecular complexity index is 214. The molecule has 1 aromatic carbocycles. The maximum atomic E-state index is 5.70. The molecular formula is C6H5BrCl3N. The first-order valence-corrected chi connectivity index (χ1v) is 4.06. The Hall–Kier alpha value is 0.370. The Balaban J connectivity index is 0.000001000. The van der Waals surface area contributed by atoms with Gasteiger partial charge in [-0.2, -0.15) is 0 Å². The van der Waals surface area contributed by atoms with Gasteiger partial charge in [0, 0.05) is 4.47 Å². The Labute approximate surface area is 89.4 Å². The van der Waals surface area contributed by atoms with Crippen molar-refractivity contribution in [3.8, 4) is 0 Å². The van der Waals surface area contributed by atoms with E-state index in [4.69, 9.17) is 28.9 Å². The van der Waals surface area contributed by atoms with E-state index in [9.17, 15) is 0 Å². The lowest BCUT2D eigenvalue weighted by atomic mass is 10.3. The number of rotatable bonds is 0. The molecule has 0 amide bonds. The van der Waals surface area contributed by atoms with Gasteiger partial charge < -0.3 is 5.73 Å². The summed E-state index contributed by atoms with van der Waals surface area (Å²) in [5.41, 5.74) is 5.95. The van der Waals surface area contributed by atoms with Crippen LogP contribution >= 0.6 is 51.5 Å². The van der Waals surface area contributed by atoms with Crippen LogP contribution in [0.15, 0.2) is 16.6 Å². The summed E-state index contributed by atoms with van der Waals surface area (Å²) in [6, 6.07) is 3.27. The summed E-state index contributed by atoms with van der Waals surface area (Å²) in [5.74, 6) is 0. The second-order valence-corrected chi connectivity index (χ2v) is 3.46. The van der Waals surface area contributed by atoms with Gasteiger partial charge in [-0.25, -0.2) is 0 Å². The molecule has 1 rings (SSSR count). The van der Waals surface area contributed by atoms with Crippen LogP contribution in [0.1, 0.15) is 0 Å². The number of halogens is 4. The lowest BCUT2D eigenvalue weighted by Gasteiger charge is -1.99. The van der Waals surface area contributed by atoms with Gasteiger partial charge in [0.1, 0.15) is 0 Å². The zero-order valence-corrected chi connectivity index (χ0v) is 9.19. The van der Waals surface area contributed by atoms with Crippen LogP contribution in [0.3, 0.4) is 0 Å². The number of nitrogens with two attached hydrogens (primary N) is 1. The predicted octanol–water partition coefficient (Wildman–Crippen LogP) is 3.76. The van der Waals surface area contributed by atoms with Gasteiger partial charge in [0.2, 0.25) is 0 Å². The fraction of sp³-hybridized carbons (Fsp3) is 0. The van der Waals surface area contributed by atoms with Gasteiger partial charge in [0.25, 0.3) is 0 Å². The molecule has 0 radical (unpaired) electrons. The minimum Gasteiger partial charge on any atom is -0.397 e. The molecule has 62 valence electrons. The van der Waals surface area contributed by atoms with Crippen LogP contribution in [0.4, 0.5) is 5.69 Å². The zero-order valence-electron chi connectivity index (χ0n) is 5.27. The average molecular weight is 277 g/mol. The van der Waals surface area contributed by atoms with E-state index in [-0.39, 0.29) is 12.4 Å². The maximum absolute atomic E-state index is 5.70. The summed E-state index contributed by atoms with van der Waals surface area (Å²) < 4.78 is 0.758. The molecule has 0 saturated heterocycles. The van der Waals surface area contributed by atoms with Crippen molar-refractivity contribution in [2.45, 2.75) is 0 Å². The molecule has 0 fully saturated rings.